The molecule has 1 aromatic heterocycles. The van der Waals surface area contributed by atoms with Gasteiger partial charge in [0.15, 0.2) is 0 Å². The van der Waals surface area contributed by atoms with Crippen LogP contribution in [0.2, 0.25) is 0 Å². The lowest BCUT2D eigenvalue weighted by Gasteiger charge is -2.26. The summed E-state index contributed by atoms with van der Waals surface area (Å²) in [7, 11) is 0. The number of para-hydroxylation sites is 1. The average Bonchev–Trinajstić information content (AvgIpc) is 3.30. The highest BCUT2D eigenvalue weighted by molar-refractivity contribution is 5.94. The van der Waals surface area contributed by atoms with Crippen molar-refractivity contribution in [3.8, 4) is 0 Å². The Morgan fingerprint density at radius 2 is 1.52 bits per heavy atom. The quantitative estimate of drug-likeness (QED) is 0.124. The van der Waals surface area contributed by atoms with Gasteiger partial charge in [0.05, 0.1) is 6.04 Å². The molecule has 0 bridgehead atoms. The molecule has 4 unspecified atom stereocenters. The summed E-state index contributed by atoms with van der Waals surface area (Å²) in [6, 6.07) is 2.88. The number of fused-ring (bicyclic) bond motifs is 1. The van der Waals surface area contributed by atoms with Crippen LogP contribution in [-0.4, -0.2) is 75.6 Å². The fourth-order valence-electron chi connectivity index (χ4n) is 4.25. The van der Waals surface area contributed by atoms with E-state index in [1.165, 1.54) is 0 Å². The zero-order valence-corrected chi connectivity index (χ0v) is 22.8. The van der Waals surface area contributed by atoms with E-state index in [9.17, 15) is 34.2 Å². The van der Waals surface area contributed by atoms with Crippen LogP contribution in [-0.2, 0) is 30.4 Å². The molecule has 0 spiro atoms. The van der Waals surface area contributed by atoms with Crippen molar-refractivity contribution >= 4 is 40.6 Å². The fraction of sp³-hybridized carbons (Fsp3) is 0.519. The predicted molar refractivity (Wildman–Crippen MR) is 148 cm³/mol. The molecule has 4 atom stereocenters. The second-order valence-corrected chi connectivity index (χ2v) is 10.1. The Kier molecular flexibility index (Phi) is 12.6. The van der Waals surface area contributed by atoms with Crippen LogP contribution in [0.15, 0.2) is 30.5 Å². The van der Waals surface area contributed by atoms with Gasteiger partial charge >= 0.3 is 11.9 Å². The molecule has 3 amide bonds. The number of nitrogens with one attached hydrogen (secondary N) is 4. The lowest BCUT2D eigenvalue weighted by atomic mass is 10.0. The number of benzene rings is 1. The minimum Gasteiger partial charge on any atom is -0.481 e. The molecule has 2 aromatic rings. The molecule has 0 saturated carbocycles. The van der Waals surface area contributed by atoms with E-state index in [-0.39, 0.29) is 19.3 Å². The summed E-state index contributed by atoms with van der Waals surface area (Å²) >= 11 is 0. The zero-order valence-electron chi connectivity index (χ0n) is 22.8. The van der Waals surface area contributed by atoms with Gasteiger partial charge < -0.3 is 42.6 Å². The second-order valence-electron chi connectivity index (χ2n) is 10.1. The SMILES string of the molecule is CC(C)C(NC(=O)C(CCCCN)NC(=O)C(CCC(=O)O)NC(=O)C(N)Cc1c[nH]c2ccccc12)C(=O)O. The van der Waals surface area contributed by atoms with Gasteiger partial charge in [0.25, 0.3) is 0 Å². The average molecular weight is 561 g/mol. The molecule has 1 aromatic carbocycles. The fourth-order valence-corrected chi connectivity index (χ4v) is 4.25. The van der Waals surface area contributed by atoms with Crippen LogP contribution in [0.3, 0.4) is 0 Å². The second kappa shape index (κ2) is 15.6. The van der Waals surface area contributed by atoms with Crippen LogP contribution >= 0.6 is 0 Å². The van der Waals surface area contributed by atoms with Gasteiger partial charge in [-0.3, -0.25) is 19.2 Å². The van der Waals surface area contributed by atoms with E-state index in [1.54, 1.807) is 20.0 Å². The molecule has 0 aliphatic heterocycles. The Labute approximate surface area is 232 Å². The topological polar surface area (TPSA) is 230 Å². The van der Waals surface area contributed by atoms with Crippen molar-refractivity contribution in [2.45, 2.75) is 76.5 Å². The number of amides is 3. The van der Waals surface area contributed by atoms with Crippen LogP contribution in [0.25, 0.3) is 10.9 Å². The molecule has 10 N–H and O–H groups in total. The van der Waals surface area contributed by atoms with Crippen molar-refractivity contribution in [3.05, 3.63) is 36.0 Å². The number of aromatic amines is 1. The molecule has 0 aliphatic rings. The number of hydrogen-bond donors (Lipinski definition) is 8. The number of rotatable bonds is 17. The predicted octanol–water partition coefficient (Wildman–Crippen LogP) is 0.227. The summed E-state index contributed by atoms with van der Waals surface area (Å²) in [4.78, 5) is 65.1. The number of nitrogens with two attached hydrogens (primary N) is 2. The Morgan fingerprint density at radius 3 is 2.15 bits per heavy atom. The van der Waals surface area contributed by atoms with Crippen molar-refractivity contribution in [2.75, 3.05) is 6.54 Å². The zero-order chi connectivity index (χ0) is 29.8. The third kappa shape index (κ3) is 9.65. The highest BCUT2D eigenvalue weighted by Gasteiger charge is 2.31. The summed E-state index contributed by atoms with van der Waals surface area (Å²) in [6.45, 7) is 3.63. The minimum absolute atomic E-state index is 0.166. The van der Waals surface area contributed by atoms with Crippen molar-refractivity contribution < 1.29 is 34.2 Å². The molecular formula is C27H40N6O7. The van der Waals surface area contributed by atoms with Crippen molar-refractivity contribution in [1.82, 2.24) is 20.9 Å². The molecule has 0 radical (unpaired) electrons. The molecule has 220 valence electrons. The first kappa shape index (κ1) is 32.2. The van der Waals surface area contributed by atoms with E-state index in [0.717, 1.165) is 16.5 Å². The van der Waals surface area contributed by atoms with Gasteiger partial charge in [0, 0.05) is 23.5 Å². The number of hydrogen-bond acceptors (Lipinski definition) is 7. The number of carbonyl (C=O) groups is 5. The van der Waals surface area contributed by atoms with Gasteiger partial charge in [-0.2, -0.15) is 0 Å². The number of carboxylic acid groups (broad SMARTS) is 2. The summed E-state index contributed by atoms with van der Waals surface area (Å²) in [5.74, 6) is -4.95. The first-order valence-electron chi connectivity index (χ1n) is 13.3. The standard InChI is InChI=1S/C27H40N6O7/c1-15(2)23(27(39)40)33-26(38)20(9-5-6-12-28)32-25(37)21(10-11-22(34)35)31-24(36)18(29)13-16-14-30-19-8-4-3-7-17(16)19/h3-4,7-8,14-15,18,20-21,23,30H,5-6,9-13,28-29H2,1-2H3,(H,31,36)(H,32,37)(H,33,38)(H,34,35)(H,39,40). The van der Waals surface area contributed by atoms with Crippen LogP contribution in [0.4, 0.5) is 0 Å². The van der Waals surface area contributed by atoms with Crippen molar-refractivity contribution in [2.24, 2.45) is 17.4 Å². The van der Waals surface area contributed by atoms with E-state index in [2.05, 4.69) is 20.9 Å². The van der Waals surface area contributed by atoms with Gasteiger partial charge in [-0.15, -0.1) is 0 Å². The Balaban J connectivity index is 2.16. The first-order chi connectivity index (χ1) is 18.9. The van der Waals surface area contributed by atoms with Gasteiger partial charge in [-0.05, 0) is 56.2 Å². The Bertz CT molecular complexity index is 1180. The maximum absolute atomic E-state index is 13.2. The van der Waals surface area contributed by atoms with Gasteiger partial charge in [-0.1, -0.05) is 32.0 Å². The number of H-pyrrole nitrogens is 1. The first-order valence-corrected chi connectivity index (χ1v) is 13.3. The molecule has 13 heteroatoms. The van der Waals surface area contributed by atoms with E-state index >= 15 is 0 Å². The Morgan fingerprint density at radius 1 is 0.900 bits per heavy atom. The highest BCUT2D eigenvalue weighted by atomic mass is 16.4. The van der Waals surface area contributed by atoms with Gasteiger partial charge in [-0.25, -0.2) is 4.79 Å². The van der Waals surface area contributed by atoms with Crippen LogP contribution < -0.4 is 27.4 Å². The molecule has 1 heterocycles. The number of carboxylic acids is 2. The van der Waals surface area contributed by atoms with E-state index < -0.39 is 66.2 Å². The van der Waals surface area contributed by atoms with Crippen molar-refractivity contribution in [3.63, 3.8) is 0 Å². The van der Waals surface area contributed by atoms with E-state index in [0.29, 0.717) is 19.4 Å². The van der Waals surface area contributed by atoms with Gasteiger partial charge in [0.1, 0.15) is 18.1 Å². The summed E-state index contributed by atoms with van der Waals surface area (Å²) in [5, 5.41) is 27.1. The number of aliphatic carboxylic acids is 2. The molecule has 0 fully saturated rings. The smallest absolute Gasteiger partial charge is 0.326 e. The van der Waals surface area contributed by atoms with Gasteiger partial charge in [0.2, 0.25) is 17.7 Å². The van der Waals surface area contributed by atoms with E-state index in [1.807, 2.05) is 24.3 Å². The minimum atomic E-state index is -1.29. The van der Waals surface area contributed by atoms with Crippen molar-refractivity contribution in [1.29, 1.82) is 0 Å². The summed E-state index contributed by atoms with van der Waals surface area (Å²) in [5.41, 5.74) is 13.4. The molecule has 13 nitrogen and oxygen atoms in total. The number of unbranched alkanes of at least 4 members (excludes halogenated alkanes) is 1. The highest BCUT2D eigenvalue weighted by Crippen LogP contribution is 2.19. The Hall–Kier alpha value is -3.97. The van der Waals surface area contributed by atoms with Crippen LogP contribution in [0.5, 0.6) is 0 Å². The third-order valence-electron chi connectivity index (χ3n) is 6.54. The monoisotopic (exact) mass is 560 g/mol. The van der Waals surface area contributed by atoms with Crippen LogP contribution in [0.1, 0.15) is 51.5 Å². The maximum Gasteiger partial charge on any atom is 0.326 e. The molecular weight excluding hydrogens is 520 g/mol. The molecule has 40 heavy (non-hydrogen) atoms. The van der Waals surface area contributed by atoms with Crippen LogP contribution in [0, 0.1) is 5.92 Å². The number of carbonyl (C=O) groups excluding carboxylic acids is 3. The normalized spacial score (nSPS) is 14.2. The largest absolute Gasteiger partial charge is 0.481 e. The summed E-state index contributed by atoms with van der Waals surface area (Å²) in [6.07, 6.45) is 2.45. The lowest BCUT2D eigenvalue weighted by molar-refractivity contribution is -0.143. The maximum atomic E-state index is 13.2. The third-order valence-corrected chi connectivity index (χ3v) is 6.54. The summed E-state index contributed by atoms with van der Waals surface area (Å²) < 4.78 is 0. The number of aromatic nitrogens is 1. The molecule has 0 aliphatic carbocycles. The van der Waals surface area contributed by atoms with E-state index in [4.69, 9.17) is 11.5 Å². The molecule has 0 saturated heterocycles. The lowest BCUT2D eigenvalue weighted by Crippen LogP contribution is -2.57. The molecule has 2 rings (SSSR count).